The zero-order chi connectivity index (χ0) is 25.4. The van der Waals surface area contributed by atoms with E-state index >= 15 is 0 Å². The average Bonchev–Trinajstić information content (AvgIpc) is 3.26. The van der Waals surface area contributed by atoms with Crippen molar-refractivity contribution in [1.82, 2.24) is 24.9 Å². The number of hydrogen-bond donors (Lipinski definition) is 1. The Morgan fingerprint density at radius 3 is 2.81 bits per heavy atom. The molecule has 10 nitrogen and oxygen atoms in total. The molecule has 1 aliphatic heterocycles. The number of hydrogen-bond acceptors (Lipinski definition) is 10. The van der Waals surface area contributed by atoms with E-state index in [0.717, 1.165) is 18.1 Å². The molecule has 0 unspecified atom stereocenters. The third-order valence-corrected chi connectivity index (χ3v) is 6.92. The Morgan fingerprint density at radius 2 is 2.00 bits per heavy atom. The van der Waals surface area contributed by atoms with Gasteiger partial charge in [0.1, 0.15) is 16.7 Å². The van der Waals surface area contributed by atoms with Crippen molar-refractivity contribution < 1.29 is 14.3 Å². The average molecular weight is 526 g/mol. The van der Waals surface area contributed by atoms with Crippen molar-refractivity contribution in [3.05, 3.63) is 47.1 Å². The molecule has 0 spiro atoms. The molecule has 1 amide bonds. The molecule has 0 bridgehead atoms. The standard InChI is InChI=1S/C24H24ClN7O3S/c1-12-5-15(16-6-19(25)27-8-18(16)34-4)17(7-26-12)22(33)31-24-30-21-23(36-24)29-20(9-28-21)32-10-14(3)35-11-13(32)2/h5-9,13-14H,10-11H2,1-4H3,(H,28,30,31,33)/t13-,14-/m1/s1. The summed E-state index contributed by atoms with van der Waals surface area (Å²) in [6.07, 6.45) is 4.87. The SMILES string of the molecule is COc1cnc(Cl)cc1-c1cc(C)ncc1C(=O)Nc1nc2ncc(N3C[C@@H](C)OC[C@H]3C)nc2s1. The minimum Gasteiger partial charge on any atom is -0.494 e. The highest BCUT2D eigenvalue weighted by molar-refractivity contribution is 7.21. The van der Waals surface area contributed by atoms with Gasteiger partial charge in [-0.15, -0.1) is 0 Å². The largest absolute Gasteiger partial charge is 0.494 e. The highest BCUT2D eigenvalue weighted by Gasteiger charge is 2.26. The number of aromatic nitrogens is 5. The molecule has 1 aliphatic rings. The van der Waals surface area contributed by atoms with Crippen LogP contribution < -0.4 is 15.0 Å². The van der Waals surface area contributed by atoms with Gasteiger partial charge < -0.3 is 14.4 Å². The second kappa shape index (κ2) is 9.92. The lowest BCUT2D eigenvalue weighted by Crippen LogP contribution is -2.47. The third kappa shape index (κ3) is 4.81. The molecule has 0 radical (unpaired) electrons. The van der Waals surface area contributed by atoms with Gasteiger partial charge in [-0.25, -0.2) is 15.0 Å². The number of pyridine rings is 2. The molecule has 1 fully saturated rings. The summed E-state index contributed by atoms with van der Waals surface area (Å²) in [5.41, 5.74) is 2.82. The first kappa shape index (κ1) is 24.3. The van der Waals surface area contributed by atoms with Crippen LogP contribution in [0, 0.1) is 6.92 Å². The maximum Gasteiger partial charge on any atom is 0.259 e. The minimum atomic E-state index is -0.373. The summed E-state index contributed by atoms with van der Waals surface area (Å²) in [6.45, 7) is 7.34. The van der Waals surface area contributed by atoms with Crippen LogP contribution in [-0.2, 0) is 4.74 Å². The van der Waals surface area contributed by atoms with Crippen LogP contribution in [0.1, 0.15) is 29.9 Å². The number of anilines is 2. The monoisotopic (exact) mass is 525 g/mol. The Hall–Kier alpha value is -3.41. The Balaban J connectivity index is 1.45. The van der Waals surface area contributed by atoms with Crippen molar-refractivity contribution in [1.29, 1.82) is 0 Å². The minimum absolute atomic E-state index is 0.112. The molecule has 0 saturated carbocycles. The smallest absolute Gasteiger partial charge is 0.259 e. The number of ether oxygens (including phenoxy) is 2. The summed E-state index contributed by atoms with van der Waals surface area (Å²) in [7, 11) is 1.54. The number of rotatable bonds is 5. The molecule has 1 N–H and O–H groups in total. The number of morpholine rings is 1. The molecule has 2 atom stereocenters. The van der Waals surface area contributed by atoms with Crippen LogP contribution in [0.25, 0.3) is 21.6 Å². The fraction of sp³-hybridized carbons (Fsp3) is 0.333. The predicted octanol–water partition coefficient (Wildman–Crippen LogP) is 4.38. The summed E-state index contributed by atoms with van der Waals surface area (Å²) >= 11 is 7.41. The molecule has 0 aliphatic carbocycles. The van der Waals surface area contributed by atoms with Crippen LogP contribution in [-0.4, -0.2) is 63.2 Å². The van der Waals surface area contributed by atoms with Crippen LogP contribution in [0.4, 0.5) is 10.9 Å². The van der Waals surface area contributed by atoms with Crippen LogP contribution in [0.2, 0.25) is 5.15 Å². The maximum absolute atomic E-state index is 13.3. The molecule has 36 heavy (non-hydrogen) atoms. The van der Waals surface area contributed by atoms with Gasteiger partial charge in [0.05, 0.1) is 43.8 Å². The number of aryl methyl sites for hydroxylation is 1. The van der Waals surface area contributed by atoms with Crippen molar-refractivity contribution >= 4 is 50.3 Å². The number of carbonyl (C=O) groups is 1. The van der Waals surface area contributed by atoms with E-state index < -0.39 is 0 Å². The van der Waals surface area contributed by atoms with E-state index in [1.165, 1.54) is 30.8 Å². The third-order valence-electron chi connectivity index (χ3n) is 5.86. The van der Waals surface area contributed by atoms with Crippen LogP contribution >= 0.6 is 22.9 Å². The number of thiazole rings is 1. The highest BCUT2D eigenvalue weighted by Crippen LogP contribution is 2.34. The van der Waals surface area contributed by atoms with E-state index in [-0.39, 0.29) is 23.2 Å². The highest BCUT2D eigenvalue weighted by atomic mass is 35.5. The lowest BCUT2D eigenvalue weighted by Gasteiger charge is -2.37. The molecule has 4 aromatic rings. The first-order chi connectivity index (χ1) is 17.3. The molecular weight excluding hydrogens is 502 g/mol. The lowest BCUT2D eigenvalue weighted by molar-refractivity contribution is 0.0340. The van der Waals surface area contributed by atoms with Gasteiger partial charge in [0, 0.05) is 29.6 Å². The van der Waals surface area contributed by atoms with Gasteiger partial charge in [0.2, 0.25) is 0 Å². The topological polar surface area (TPSA) is 115 Å². The second-order valence-electron chi connectivity index (χ2n) is 8.55. The fourth-order valence-corrected chi connectivity index (χ4v) is 4.99. The van der Waals surface area contributed by atoms with Gasteiger partial charge in [-0.2, -0.15) is 4.98 Å². The summed E-state index contributed by atoms with van der Waals surface area (Å²) in [6, 6.07) is 3.65. The summed E-state index contributed by atoms with van der Waals surface area (Å²) in [5, 5.41) is 3.55. The number of methoxy groups -OCH3 is 1. The van der Waals surface area contributed by atoms with Crippen molar-refractivity contribution in [2.75, 3.05) is 30.5 Å². The number of amides is 1. The van der Waals surface area contributed by atoms with Gasteiger partial charge in [0.15, 0.2) is 15.6 Å². The van der Waals surface area contributed by atoms with Crippen molar-refractivity contribution in [3.63, 3.8) is 0 Å². The molecular formula is C24H24ClN7O3S. The Kier molecular flexibility index (Phi) is 6.69. The number of halogens is 1. The van der Waals surface area contributed by atoms with E-state index in [9.17, 15) is 4.79 Å². The molecule has 186 valence electrons. The van der Waals surface area contributed by atoms with Crippen molar-refractivity contribution in [3.8, 4) is 16.9 Å². The van der Waals surface area contributed by atoms with Crippen molar-refractivity contribution in [2.45, 2.75) is 32.9 Å². The normalized spacial score (nSPS) is 17.9. The number of nitrogens with zero attached hydrogens (tertiary/aromatic N) is 6. The van der Waals surface area contributed by atoms with Gasteiger partial charge >= 0.3 is 0 Å². The molecule has 4 aromatic heterocycles. The zero-order valence-electron chi connectivity index (χ0n) is 20.1. The van der Waals surface area contributed by atoms with E-state index in [2.05, 4.69) is 37.1 Å². The van der Waals surface area contributed by atoms with E-state index in [1.807, 2.05) is 13.8 Å². The number of nitrogens with one attached hydrogen (secondary N) is 1. The quantitative estimate of drug-likeness (QED) is 0.379. The fourth-order valence-electron chi connectivity index (χ4n) is 4.05. The molecule has 5 rings (SSSR count). The maximum atomic E-state index is 13.3. The number of fused-ring (bicyclic) bond motifs is 1. The summed E-state index contributed by atoms with van der Waals surface area (Å²) in [4.78, 5) is 38.2. The first-order valence-electron chi connectivity index (χ1n) is 11.3. The van der Waals surface area contributed by atoms with E-state index in [0.29, 0.717) is 44.7 Å². The van der Waals surface area contributed by atoms with E-state index in [4.69, 9.17) is 26.1 Å². The van der Waals surface area contributed by atoms with Crippen molar-refractivity contribution in [2.24, 2.45) is 0 Å². The Labute approximate surface area is 216 Å². The molecule has 5 heterocycles. The van der Waals surface area contributed by atoms with Gasteiger partial charge in [-0.1, -0.05) is 22.9 Å². The Morgan fingerprint density at radius 1 is 1.17 bits per heavy atom. The summed E-state index contributed by atoms with van der Waals surface area (Å²) in [5.74, 6) is 0.882. The van der Waals surface area contributed by atoms with Gasteiger partial charge in [-0.3, -0.25) is 15.1 Å². The summed E-state index contributed by atoms with van der Waals surface area (Å²) < 4.78 is 11.2. The molecule has 12 heteroatoms. The lowest BCUT2D eigenvalue weighted by atomic mass is 10.0. The van der Waals surface area contributed by atoms with Crippen LogP contribution in [0.3, 0.4) is 0 Å². The van der Waals surface area contributed by atoms with Gasteiger partial charge in [0.25, 0.3) is 5.91 Å². The van der Waals surface area contributed by atoms with Crippen LogP contribution in [0.5, 0.6) is 5.75 Å². The van der Waals surface area contributed by atoms with Gasteiger partial charge in [-0.05, 0) is 32.9 Å². The molecule has 1 saturated heterocycles. The predicted molar refractivity (Wildman–Crippen MR) is 139 cm³/mol. The second-order valence-corrected chi connectivity index (χ2v) is 9.92. The molecule has 0 aromatic carbocycles. The number of carbonyl (C=O) groups excluding carboxylic acids is 1. The first-order valence-corrected chi connectivity index (χ1v) is 12.5. The zero-order valence-corrected chi connectivity index (χ0v) is 21.7. The van der Waals surface area contributed by atoms with Crippen LogP contribution in [0.15, 0.2) is 30.7 Å². The Bertz CT molecular complexity index is 1450. The van der Waals surface area contributed by atoms with E-state index in [1.54, 1.807) is 18.3 Å².